The third kappa shape index (κ3) is 7.45. The lowest BCUT2D eigenvalue weighted by molar-refractivity contribution is -0.269. The maximum absolute atomic E-state index is 13.1. The first-order valence-corrected chi connectivity index (χ1v) is 13.7. The molecular formula is C29H29ClN2O10S. The summed E-state index contributed by atoms with van der Waals surface area (Å²) >= 11 is 11.8. The fourth-order valence-electron chi connectivity index (χ4n) is 4.97. The van der Waals surface area contributed by atoms with Gasteiger partial charge in [0.05, 0.1) is 5.56 Å². The fourth-order valence-corrected chi connectivity index (χ4v) is 5.48. The molecule has 1 aromatic carbocycles. The van der Waals surface area contributed by atoms with Gasteiger partial charge in [0, 0.05) is 49.5 Å². The van der Waals surface area contributed by atoms with Gasteiger partial charge < -0.3 is 28.3 Å². The van der Waals surface area contributed by atoms with Crippen molar-refractivity contribution in [2.75, 3.05) is 6.61 Å². The van der Waals surface area contributed by atoms with E-state index in [9.17, 15) is 29.2 Å². The second-order valence-corrected chi connectivity index (χ2v) is 10.5. The van der Waals surface area contributed by atoms with Gasteiger partial charge in [0.25, 0.3) is 0 Å². The first-order valence-electron chi connectivity index (χ1n) is 12.9. The average Bonchev–Trinajstić information content (AvgIpc) is 2.89. The molecule has 43 heavy (non-hydrogen) atoms. The Morgan fingerprint density at radius 2 is 1.44 bits per heavy atom. The van der Waals surface area contributed by atoms with Crippen LogP contribution in [0.4, 0.5) is 0 Å². The summed E-state index contributed by atoms with van der Waals surface area (Å²) in [6, 6.07) is 8.54. The predicted octanol–water partition coefficient (Wildman–Crippen LogP) is 4.18. The maximum atomic E-state index is 13.1. The summed E-state index contributed by atoms with van der Waals surface area (Å²) in [6.45, 7) is 6.86. The van der Waals surface area contributed by atoms with Crippen LogP contribution in [0.1, 0.15) is 62.5 Å². The molecular weight excluding hydrogens is 604 g/mol. The SMILES string of the molecule is CC(=O)OCC1OC(n2c(C)c(C(C)=O)c(-c3ccc(Cl)cc3)c(C#N)c2=S)C(OC(C)=O)C(OC(C)=O)C1OC(C)=O. The fraction of sp³-hybridized carbons (Fsp3) is 0.414. The van der Waals surface area contributed by atoms with E-state index in [0.717, 1.165) is 27.7 Å². The molecule has 2 aromatic rings. The molecule has 0 N–H and O–H groups in total. The maximum Gasteiger partial charge on any atom is 0.303 e. The van der Waals surface area contributed by atoms with Crippen molar-refractivity contribution in [2.24, 2.45) is 0 Å². The molecule has 14 heteroatoms. The molecule has 0 spiro atoms. The summed E-state index contributed by atoms with van der Waals surface area (Å²) in [5.74, 6) is -3.52. The Kier molecular flexibility index (Phi) is 10.8. The second kappa shape index (κ2) is 13.9. The average molecular weight is 633 g/mol. The van der Waals surface area contributed by atoms with Crippen LogP contribution in [0.15, 0.2) is 24.3 Å². The van der Waals surface area contributed by atoms with Gasteiger partial charge in [-0.25, -0.2) is 0 Å². The number of aromatic nitrogens is 1. The van der Waals surface area contributed by atoms with Crippen molar-refractivity contribution >= 4 is 53.5 Å². The molecule has 1 saturated heterocycles. The second-order valence-electron chi connectivity index (χ2n) is 9.65. The van der Waals surface area contributed by atoms with Gasteiger partial charge in [0.2, 0.25) is 0 Å². The number of nitrogens with zero attached hydrogens (tertiary/aromatic N) is 2. The molecule has 228 valence electrons. The summed E-state index contributed by atoms with van der Waals surface area (Å²) < 4.78 is 29.1. The molecule has 0 saturated carbocycles. The molecule has 1 aliphatic heterocycles. The number of carbonyl (C=O) groups is 5. The highest BCUT2D eigenvalue weighted by Gasteiger charge is 2.53. The Balaban J connectivity index is 2.39. The van der Waals surface area contributed by atoms with E-state index < -0.39 is 66.9 Å². The molecule has 0 radical (unpaired) electrons. The minimum atomic E-state index is -1.50. The number of pyridine rings is 1. The van der Waals surface area contributed by atoms with E-state index in [1.54, 1.807) is 31.2 Å². The number of hydrogen-bond acceptors (Lipinski definition) is 12. The van der Waals surface area contributed by atoms with Crippen LogP contribution < -0.4 is 0 Å². The topological polar surface area (TPSA) is 160 Å². The van der Waals surface area contributed by atoms with Crippen molar-refractivity contribution in [3.63, 3.8) is 0 Å². The summed E-state index contributed by atoms with van der Waals surface area (Å²) in [6.07, 6.45) is -7.09. The third-order valence-corrected chi connectivity index (χ3v) is 7.13. The lowest BCUT2D eigenvalue weighted by atomic mass is 9.91. The van der Waals surface area contributed by atoms with Crippen molar-refractivity contribution < 1.29 is 47.7 Å². The zero-order valence-electron chi connectivity index (χ0n) is 24.2. The monoisotopic (exact) mass is 632 g/mol. The number of carbonyl (C=O) groups excluding carboxylic acids is 5. The van der Waals surface area contributed by atoms with Gasteiger partial charge in [0.15, 0.2) is 30.3 Å². The summed E-state index contributed by atoms with van der Waals surface area (Å²) in [5.41, 5.74) is 1.02. The number of benzene rings is 1. The zero-order valence-corrected chi connectivity index (χ0v) is 25.7. The Morgan fingerprint density at radius 1 is 0.907 bits per heavy atom. The molecule has 1 aliphatic rings. The van der Waals surface area contributed by atoms with Crippen LogP contribution in [0, 0.1) is 22.9 Å². The quantitative estimate of drug-likeness (QED) is 0.177. The highest BCUT2D eigenvalue weighted by Crippen LogP contribution is 2.39. The van der Waals surface area contributed by atoms with Crippen LogP contribution in [0.2, 0.25) is 5.02 Å². The Hall–Kier alpha value is -4.12. The minimum Gasteiger partial charge on any atom is -0.463 e. The van der Waals surface area contributed by atoms with Crippen LogP contribution in [-0.4, -0.2) is 65.3 Å². The van der Waals surface area contributed by atoms with Crippen LogP contribution in [0.25, 0.3) is 11.1 Å². The van der Waals surface area contributed by atoms with Gasteiger partial charge in [0.1, 0.15) is 23.4 Å². The molecule has 0 aliphatic carbocycles. The number of esters is 4. The molecule has 12 nitrogen and oxygen atoms in total. The zero-order chi connectivity index (χ0) is 32.2. The van der Waals surface area contributed by atoms with Gasteiger partial charge >= 0.3 is 23.9 Å². The molecule has 5 atom stereocenters. The number of rotatable bonds is 8. The first-order chi connectivity index (χ1) is 20.2. The smallest absolute Gasteiger partial charge is 0.303 e. The standard InChI is InChI=1S/C29H29ClN2O10S/c1-13-23(14(2)33)24(19-7-9-20(30)10-8-19)21(11-31)29(43)32(13)28-27(41-18(6)37)26(40-17(5)36)25(39-16(4)35)22(42-28)12-38-15(3)34/h7-10,22,25-28H,12H2,1-6H3. The van der Waals surface area contributed by atoms with E-state index in [1.165, 1.54) is 11.5 Å². The highest BCUT2D eigenvalue weighted by atomic mass is 35.5. The molecule has 0 bridgehead atoms. The van der Waals surface area contributed by atoms with Gasteiger partial charge in [-0.1, -0.05) is 36.0 Å². The van der Waals surface area contributed by atoms with Gasteiger partial charge in [-0.15, -0.1) is 0 Å². The van der Waals surface area contributed by atoms with E-state index in [1.807, 2.05) is 0 Å². The largest absolute Gasteiger partial charge is 0.463 e. The van der Waals surface area contributed by atoms with Crippen molar-refractivity contribution in [2.45, 2.75) is 72.2 Å². The van der Waals surface area contributed by atoms with Gasteiger partial charge in [-0.3, -0.25) is 24.0 Å². The lowest BCUT2D eigenvalue weighted by Crippen LogP contribution is -2.60. The molecule has 3 rings (SSSR count). The molecule has 0 amide bonds. The number of Topliss-reactive ketones (excluding diaryl/α,β-unsaturated/α-hetero) is 1. The van der Waals surface area contributed by atoms with E-state index in [2.05, 4.69) is 6.07 Å². The van der Waals surface area contributed by atoms with Crippen LogP contribution in [-0.2, 0) is 42.9 Å². The van der Waals surface area contributed by atoms with Crippen molar-refractivity contribution in [3.8, 4) is 17.2 Å². The Labute approximate surface area is 257 Å². The number of ether oxygens (including phenoxy) is 5. The Morgan fingerprint density at radius 3 is 1.93 bits per heavy atom. The Bertz CT molecular complexity index is 1560. The molecule has 5 unspecified atom stereocenters. The number of hydrogen-bond donors (Lipinski definition) is 0. The van der Waals surface area contributed by atoms with E-state index in [-0.39, 0.29) is 27.0 Å². The van der Waals surface area contributed by atoms with Crippen molar-refractivity contribution in [1.82, 2.24) is 4.57 Å². The summed E-state index contributed by atoms with van der Waals surface area (Å²) in [5, 5.41) is 10.7. The lowest BCUT2D eigenvalue weighted by Gasteiger charge is -2.45. The summed E-state index contributed by atoms with van der Waals surface area (Å²) in [4.78, 5) is 61.5. The normalized spacial score (nSPS) is 21.2. The van der Waals surface area contributed by atoms with Crippen LogP contribution in [0.5, 0.6) is 0 Å². The molecule has 1 fully saturated rings. The van der Waals surface area contributed by atoms with Crippen LogP contribution >= 0.6 is 23.8 Å². The number of ketones is 1. The molecule has 1 aromatic heterocycles. The first kappa shape index (κ1) is 33.4. The van der Waals surface area contributed by atoms with Crippen molar-refractivity contribution in [1.29, 1.82) is 5.26 Å². The minimum absolute atomic E-state index is 0.0685. The predicted molar refractivity (Wildman–Crippen MR) is 152 cm³/mol. The van der Waals surface area contributed by atoms with E-state index in [4.69, 9.17) is 47.5 Å². The van der Waals surface area contributed by atoms with Crippen molar-refractivity contribution in [3.05, 3.63) is 50.7 Å². The molecule has 2 heterocycles. The van der Waals surface area contributed by atoms with Gasteiger partial charge in [-0.2, -0.15) is 5.26 Å². The number of halogens is 1. The summed E-state index contributed by atoms with van der Waals surface area (Å²) in [7, 11) is 0. The number of nitriles is 1. The van der Waals surface area contributed by atoms with Crippen LogP contribution in [0.3, 0.4) is 0 Å². The third-order valence-electron chi connectivity index (χ3n) is 6.47. The highest BCUT2D eigenvalue weighted by molar-refractivity contribution is 7.71. The van der Waals surface area contributed by atoms with Gasteiger partial charge in [-0.05, 0) is 31.5 Å². The van der Waals surface area contributed by atoms with E-state index >= 15 is 0 Å². The van der Waals surface area contributed by atoms with E-state index in [0.29, 0.717) is 10.6 Å².